The molecule has 0 bridgehead atoms. The summed E-state index contributed by atoms with van der Waals surface area (Å²) in [7, 11) is 0. The summed E-state index contributed by atoms with van der Waals surface area (Å²) in [5, 5.41) is 17.3. The van der Waals surface area contributed by atoms with Crippen LogP contribution in [-0.2, 0) is 0 Å². The molecule has 6 heteroatoms. The summed E-state index contributed by atoms with van der Waals surface area (Å²) < 4.78 is 9.88. The highest BCUT2D eigenvalue weighted by molar-refractivity contribution is 5.88. The van der Waals surface area contributed by atoms with E-state index in [9.17, 15) is 9.59 Å². The SMILES string of the molecule is O=C(O)c1coc(-c2ccc(C(=O)O)o2)c1. The van der Waals surface area contributed by atoms with Crippen molar-refractivity contribution in [2.45, 2.75) is 0 Å². The largest absolute Gasteiger partial charge is 0.478 e. The minimum Gasteiger partial charge on any atom is -0.478 e. The van der Waals surface area contributed by atoms with Crippen molar-refractivity contribution in [1.29, 1.82) is 0 Å². The van der Waals surface area contributed by atoms with Gasteiger partial charge in [-0.25, -0.2) is 9.59 Å². The Morgan fingerprint density at radius 2 is 1.81 bits per heavy atom. The van der Waals surface area contributed by atoms with Crippen molar-refractivity contribution in [2.75, 3.05) is 0 Å². The van der Waals surface area contributed by atoms with Crippen LogP contribution in [0.3, 0.4) is 0 Å². The molecular weight excluding hydrogens is 216 g/mol. The molecule has 0 aliphatic carbocycles. The van der Waals surface area contributed by atoms with E-state index in [2.05, 4.69) is 0 Å². The zero-order valence-electron chi connectivity index (χ0n) is 7.84. The molecule has 0 radical (unpaired) electrons. The summed E-state index contributed by atoms with van der Waals surface area (Å²) in [5.74, 6) is -2.21. The molecule has 0 unspecified atom stereocenters. The molecule has 82 valence electrons. The Kier molecular flexibility index (Phi) is 2.24. The summed E-state index contributed by atoms with van der Waals surface area (Å²) in [6, 6.07) is 3.92. The Balaban J connectivity index is 2.35. The second-order valence-electron chi connectivity index (χ2n) is 2.97. The highest BCUT2D eigenvalue weighted by atomic mass is 16.4. The third kappa shape index (κ3) is 1.68. The van der Waals surface area contributed by atoms with Crippen LogP contribution in [-0.4, -0.2) is 22.2 Å². The first-order chi connectivity index (χ1) is 7.58. The first-order valence-electron chi connectivity index (χ1n) is 4.23. The summed E-state index contributed by atoms with van der Waals surface area (Å²) in [6.07, 6.45) is 1.06. The number of aromatic carboxylic acids is 2. The number of rotatable bonds is 3. The lowest BCUT2D eigenvalue weighted by molar-refractivity contribution is 0.0660. The molecule has 0 saturated heterocycles. The van der Waals surface area contributed by atoms with Gasteiger partial charge in [0, 0.05) is 6.07 Å². The van der Waals surface area contributed by atoms with Crippen LogP contribution in [0.15, 0.2) is 33.3 Å². The van der Waals surface area contributed by atoms with Gasteiger partial charge < -0.3 is 19.0 Å². The third-order valence-electron chi connectivity index (χ3n) is 1.91. The molecule has 0 aromatic carbocycles. The highest BCUT2D eigenvalue weighted by Crippen LogP contribution is 2.24. The zero-order chi connectivity index (χ0) is 11.7. The second kappa shape index (κ2) is 3.58. The van der Waals surface area contributed by atoms with Gasteiger partial charge in [-0.2, -0.15) is 0 Å². The first-order valence-corrected chi connectivity index (χ1v) is 4.23. The molecule has 0 amide bonds. The van der Waals surface area contributed by atoms with E-state index in [1.807, 2.05) is 0 Å². The van der Waals surface area contributed by atoms with Crippen LogP contribution in [0.2, 0.25) is 0 Å². The summed E-state index contributed by atoms with van der Waals surface area (Å²) in [5.41, 5.74) is -0.0247. The molecule has 2 N–H and O–H groups in total. The first kappa shape index (κ1) is 10.0. The molecule has 0 atom stereocenters. The van der Waals surface area contributed by atoms with Gasteiger partial charge in [0.2, 0.25) is 5.76 Å². The fourth-order valence-corrected chi connectivity index (χ4v) is 1.16. The molecule has 2 rings (SSSR count). The highest BCUT2D eigenvalue weighted by Gasteiger charge is 2.15. The molecular formula is C10H6O6. The molecule has 2 aromatic rings. The van der Waals surface area contributed by atoms with Crippen molar-refractivity contribution in [3.05, 3.63) is 35.8 Å². The van der Waals surface area contributed by atoms with Gasteiger partial charge in [0.25, 0.3) is 0 Å². The quantitative estimate of drug-likeness (QED) is 0.822. The average Bonchev–Trinajstić information content (AvgIpc) is 2.86. The van der Waals surface area contributed by atoms with Crippen LogP contribution in [0.25, 0.3) is 11.5 Å². The van der Waals surface area contributed by atoms with Crippen LogP contribution < -0.4 is 0 Å². The standard InChI is InChI=1S/C10H6O6/c11-9(12)5-3-8(15-4-5)6-1-2-7(16-6)10(13)14/h1-4H,(H,11,12)(H,13,14). The Labute approximate surface area is 88.7 Å². The Morgan fingerprint density at radius 1 is 1.06 bits per heavy atom. The molecule has 2 heterocycles. The second-order valence-corrected chi connectivity index (χ2v) is 2.97. The van der Waals surface area contributed by atoms with Gasteiger partial charge in [-0.15, -0.1) is 0 Å². The topological polar surface area (TPSA) is 101 Å². The summed E-state index contributed by atoms with van der Waals surface area (Å²) in [6.45, 7) is 0. The number of hydrogen-bond acceptors (Lipinski definition) is 4. The number of furan rings is 2. The van der Waals surface area contributed by atoms with Crippen molar-refractivity contribution in [1.82, 2.24) is 0 Å². The Morgan fingerprint density at radius 3 is 2.31 bits per heavy atom. The van der Waals surface area contributed by atoms with Gasteiger partial charge >= 0.3 is 11.9 Å². The van der Waals surface area contributed by atoms with Crippen LogP contribution in [0.1, 0.15) is 20.9 Å². The summed E-state index contributed by atoms with van der Waals surface area (Å²) >= 11 is 0. The maximum Gasteiger partial charge on any atom is 0.371 e. The zero-order valence-corrected chi connectivity index (χ0v) is 7.84. The van der Waals surface area contributed by atoms with Gasteiger partial charge in [-0.05, 0) is 12.1 Å². The molecule has 16 heavy (non-hydrogen) atoms. The molecule has 0 aliphatic heterocycles. The van der Waals surface area contributed by atoms with Gasteiger partial charge in [0.05, 0.1) is 5.56 Å². The van der Waals surface area contributed by atoms with E-state index in [4.69, 9.17) is 19.0 Å². The molecule has 6 nitrogen and oxygen atoms in total. The van der Waals surface area contributed by atoms with E-state index in [0.29, 0.717) is 0 Å². The van der Waals surface area contributed by atoms with Gasteiger partial charge in [0.1, 0.15) is 6.26 Å². The van der Waals surface area contributed by atoms with E-state index in [1.54, 1.807) is 0 Å². The van der Waals surface area contributed by atoms with E-state index < -0.39 is 11.9 Å². The van der Waals surface area contributed by atoms with Crippen molar-refractivity contribution >= 4 is 11.9 Å². The molecule has 0 saturated carbocycles. The van der Waals surface area contributed by atoms with Crippen molar-refractivity contribution in [3.63, 3.8) is 0 Å². The molecule has 0 spiro atoms. The Hall–Kier alpha value is -2.50. The predicted octanol–water partition coefficient (Wildman–Crippen LogP) is 1.94. The normalized spacial score (nSPS) is 10.2. The lowest BCUT2D eigenvalue weighted by Crippen LogP contribution is -1.91. The Bertz CT molecular complexity index is 497. The maximum absolute atomic E-state index is 10.6. The smallest absolute Gasteiger partial charge is 0.371 e. The number of carbonyl (C=O) groups is 2. The lowest BCUT2D eigenvalue weighted by atomic mass is 10.3. The van der Waals surface area contributed by atoms with Crippen molar-refractivity contribution < 1.29 is 28.6 Å². The molecule has 2 aromatic heterocycles. The maximum atomic E-state index is 10.6. The van der Waals surface area contributed by atoms with E-state index >= 15 is 0 Å². The summed E-state index contributed by atoms with van der Waals surface area (Å²) in [4.78, 5) is 21.1. The van der Waals surface area contributed by atoms with Crippen molar-refractivity contribution in [3.8, 4) is 11.5 Å². The lowest BCUT2D eigenvalue weighted by Gasteiger charge is -1.88. The minimum absolute atomic E-state index is 0.0247. The molecule has 0 aliphatic rings. The van der Waals surface area contributed by atoms with E-state index in [1.165, 1.54) is 18.2 Å². The number of hydrogen-bond donors (Lipinski definition) is 2. The predicted molar refractivity (Wildman–Crippen MR) is 50.3 cm³/mol. The fraction of sp³-hybridized carbons (Fsp3) is 0. The molecule has 0 fully saturated rings. The van der Waals surface area contributed by atoms with Crippen LogP contribution in [0.5, 0.6) is 0 Å². The van der Waals surface area contributed by atoms with Gasteiger partial charge in [0.15, 0.2) is 11.5 Å². The van der Waals surface area contributed by atoms with Crippen LogP contribution in [0, 0.1) is 0 Å². The third-order valence-corrected chi connectivity index (χ3v) is 1.91. The van der Waals surface area contributed by atoms with Gasteiger partial charge in [-0.3, -0.25) is 0 Å². The number of carboxylic acid groups (broad SMARTS) is 2. The number of carboxylic acids is 2. The van der Waals surface area contributed by atoms with E-state index in [0.717, 1.165) is 6.26 Å². The van der Waals surface area contributed by atoms with Crippen molar-refractivity contribution in [2.24, 2.45) is 0 Å². The van der Waals surface area contributed by atoms with Gasteiger partial charge in [-0.1, -0.05) is 0 Å². The van der Waals surface area contributed by atoms with E-state index in [-0.39, 0.29) is 22.8 Å². The monoisotopic (exact) mass is 222 g/mol. The van der Waals surface area contributed by atoms with Crippen LogP contribution in [0.4, 0.5) is 0 Å². The fourth-order valence-electron chi connectivity index (χ4n) is 1.16. The van der Waals surface area contributed by atoms with Crippen LogP contribution >= 0.6 is 0 Å². The minimum atomic E-state index is -1.20. The average molecular weight is 222 g/mol.